The van der Waals surface area contributed by atoms with E-state index in [1.165, 1.54) is 38.9 Å². The molecule has 0 spiro atoms. The number of ether oxygens (including phenoxy) is 2. The first-order valence-electron chi connectivity index (χ1n) is 7.88. The predicted octanol–water partition coefficient (Wildman–Crippen LogP) is 3.70. The summed E-state index contributed by atoms with van der Waals surface area (Å²) in [5.74, 6) is 0.843. The fourth-order valence-electron chi connectivity index (χ4n) is 2.48. The van der Waals surface area contributed by atoms with Crippen LogP contribution in [0, 0.1) is 5.82 Å². The van der Waals surface area contributed by atoms with E-state index in [-0.39, 0.29) is 5.82 Å². The molecule has 1 aliphatic rings. The molecule has 118 valence electrons. The van der Waals surface area contributed by atoms with Crippen molar-refractivity contribution in [1.82, 2.24) is 5.32 Å². The summed E-state index contributed by atoms with van der Waals surface area (Å²) < 4.78 is 24.2. The second-order valence-corrected chi connectivity index (χ2v) is 5.69. The summed E-state index contributed by atoms with van der Waals surface area (Å²) in [6.45, 7) is 1.12. The third kappa shape index (κ3) is 5.20. The van der Waals surface area contributed by atoms with Gasteiger partial charge in [-0.2, -0.15) is 0 Å². The Hall–Kier alpha value is -1.29. The van der Waals surface area contributed by atoms with Gasteiger partial charge in [-0.3, -0.25) is 0 Å². The Bertz CT molecular complexity index is 447. The SMILES string of the molecule is COc1cc(F)c(CCCCCCNC2CC2)cc1OC. The predicted molar refractivity (Wildman–Crippen MR) is 82.7 cm³/mol. The molecule has 21 heavy (non-hydrogen) atoms. The number of aryl methyl sites for hydroxylation is 1. The lowest BCUT2D eigenvalue weighted by molar-refractivity contribution is 0.351. The first kappa shape index (κ1) is 16.1. The Balaban J connectivity index is 1.69. The van der Waals surface area contributed by atoms with Crippen molar-refractivity contribution in [3.8, 4) is 11.5 Å². The third-order valence-corrected chi connectivity index (χ3v) is 3.94. The molecular weight excluding hydrogens is 269 g/mol. The number of halogens is 1. The standard InChI is InChI=1S/C17H26FNO2/c1-20-16-11-13(15(18)12-17(16)21-2)7-5-3-4-6-10-19-14-8-9-14/h11-12,14,19H,3-10H2,1-2H3. The Morgan fingerprint density at radius 1 is 1.05 bits per heavy atom. The lowest BCUT2D eigenvalue weighted by Crippen LogP contribution is -2.17. The van der Waals surface area contributed by atoms with Crippen LogP contribution in [0.25, 0.3) is 0 Å². The number of unbranched alkanes of at least 4 members (excludes halogenated alkanes) is 3. The zero-order valence-corrected chi connectivity index (χ0v) is 13.1. The molecule has 0 aromatic heterocycles. The fourth-order valence-corrected chi connectivity index (χ4v) is 2.48. The maximum absolute atomic E-state index is 13.9. The Morgan fingerprint density at radius 2 is 1.71 bits per heavy atom. The molecule has 1 fully saturated rings. The molecule has 0 radical (unpaired) electrons. The molecule has 1 aliphatic carbocycles. The van der Waals surface area contributed by atoms with E-state index < -0.39 is 0 Å². The van der Waals surface area contributed by atoms with Gasteiger partial charge in [0.25, 0.3) is 0 Å². The van der Waals surface area contributed by atoms with Crippen molar-refractivity contribution in [2.45, 2.75) is 51.0 Å². The van der Waals surface area contributed by atoms with Crippen molar-refractivity contribution in [1.29, 1.82) is 0 Å². The van der Waals surface area contributed by atoms with Gasteiger partial charge in [-0.15, -0.1) is 0 Å². The smallest absolute Gasteiger partial charge is 0.163 e. The number of hydrogen-bond donors (Lipinski definition) is 1. The normalized spacial score (nSPS) is 14.2. The molecule has 0 heterocycles. The van der Waals surface area contributed by atoms with Crippen LogP contribution in [0.2, 0.25) is 0 Å². The van der Waals surface area contributed by atoms with Gasteiger partial charge in [0.05, 0.1) is 14.2 Å². The quantitative estimate of drug-likeness (QED) is 0.668. The zero-order chi connectivity index (χ0) is 15.1. The van der Waals surface area contributed by atoms with E-state index in [1.807, 2.05) is 0 Å². The fraction of sp³-hybridized carbons (Fsp3) is 0.647. The first-order valence-corrected chi connectivity index (χ1v) is 7.88. The summed E-state index contributed by atoms with van der Waals surface area (Å²) in [6, 6.07) is 3.96. The van der Waals surface area contributed by atoms with Crippen LogP contribution in [0.3, 0.4) is 0 Å². The van der Waals surface area contributed by atoms with E-state index in [4.69, 9.17) is 9.47 Å². The van der Waals surface area contributed by atoms with Crippen molar-refractivity contribution in [2.75, 3.05) is 20.8 Å². The Morgan fingerprint density at radius 3 is 2.38 bits per heavy atom. The van der Waals surface area contributed by atoms with Crippen molar-refractivity contribution >= 4 is 0 Å². The van der Waals surface area contributed by atoms with Gasteiger partial charge in [-0.25, -0.2) is 4.39 Å². The van der Waals surface area contributed by atoms with Crippen LogP contribution in [-0.2, 0) is 6.42 Å². The van der Waals surface area contributed by atoms with E-state index in [0.29, 0.717) is 17.1 Å². The molecule has 4 heteroatoms. The largest absolute Gasteiger partial charge is 0.493 e. The van der Waals surface area contributed by atoms with Crippen LogP contribution in [0.5, 0.6) is 11.5 Å². The maximum atomic E-state index is 13.9. The van der Waals surface area contributed by atoms with Gasteiger partial charge in [0.1, 0.15) is 5.82 Å². The topological polar surface area (TPSA) is 30.5 Å². The van der Waals surface area contributed by atoms with Crippen LogP contribution in [0.4, 0.5) is 4.39 Å². The number of methoxy groups -OCH3 is 2. The van der Waals surface area contributed by atoms with E-state index in [1.54, 1.807) is 13.2 Å². The highest BCUT2D eigenvalue weighted by Gasteiger charge is 2.19. The molecule has 0 unspecified atom stereocenters. The van der Waals surface area contributed by atoms with Crippen LogP contribution >= 0.6 is 0 Å². The minimum Gasteiger partial charge on any atom is -0.493 e. The highest BCUT2D eigenvalue weighted by Crippen LogP contribution is 2.30. The van der Waals surface area contributed by atoms with Crippen molar-refractivity contribution in [3.05, 3.63) is 23.5 Å². The van der Waals surface area contributed by atoms with Gasteiger partial charge in [0.2, 0.25) is 0 Å². The lowest BCUT2D eigenvalue weighted by atomic mass is 10.0. The molecule has 1 saturated carbocycles. The molecule has 1 aromatic carbocycles. The number of hydrogen-bond acceptors (Lipinski definition) is 3. The molecule has 0 amide bonds. The Kier molecular flexibility index (Phi) is 6.30. The molecule has 1 N–H and O–H groups in total. The van der Waals surface area contributed by atoms with E-state index >= 15 is 0 Å². The minimum atomic E-state index is -0.206. The monoisotopic (exact) mass is 295 g/mol. The molecular formula is C17H26FNO2. The highest BCUT2D eigenvalue weighted by atomic mass is 19.1. The summed E-state index contributed by atoms with van der Waals surface area (Å²) >= 11 is 0. The minimum absolute atomic E-state index is 0.206. The first-order chi connectivity index (χ1) is 10.2. The van der Waals surface area contributed by atoms with Crippen LogP contribution in [0.1, 0.15) is 44.1 Å². The van der Waals surface area contributed by atoms with Gasteiger partial charge in [-0.05, 0) is 50.3 Å². The average molecular weight is 295 g/mol. The summed E-state index contributed by atoms with van der Waals surface area (Å²) in [5.41, 5.74) is 0.712. The molecule has 3 nitrogen and oxygen atoms in total. The van der Waals surface area contributed by atoms with E-state index in [2.05, 4.69) is 5.32 Å². The summed E-state index contributed by atoms with van der Waals surface area (Å²) in [5, 5.41) is 3.51. The molecule has 0 atom stereocenters. The average Bonchev–Trinajstić information content (AvgIpc) is 3.31. The van der Waals surface area contributed by atoms with Crippen LogP contribution < -0.4 is 14.8 Å². The van der Waals surface area contributed by atoms with Crippen molar-refractivity contribution < 1.29 is 13.9 Å². The third-order valence-electron chi connectivity index (χ3n) is 3.94. The number of nitrogens with one attached hydrogen (secondary N) is 1. The lowest BCUT2D eigenvalue weighted by Gasteiger charge is -2.11. The van der Waals surface area contributed by atoms with Crippen LogP contribution in [-0.4, -0.2) is 26.8 Å². The second kappa shape index (κ2) is 8.23. The highest BCUT2D eigenvalue weighted by molar-refractivity contribution is 5.43. The van der Waals surface area contributed by atoms with E-state index in [0.717, 1.165) is 31.8 Å². The molecule has 0 bridgehead atoms. The summed E-state index contributed by atoms with van der Waals surface area (Å²) in [6.07, 6.45) is 8.01. The van der Waals surface area contributed by atoms with Crippen molar-refractivity contribution in [2.24, 2.45) is 0 Å². The maximum Gasteiger partial charge on any atom is 0.163 e. The second-order valence-electron chi connectivity index (χ2n) is 5.69. The zero-order valence-electron chi connectivity index (χ0n) is 13.1. The molecule has 0 aliphatic heterocycles. The number of benzene rings is 1. The molecule has 0 saturated heterocycles. The number of rotatable bonds is 10. The Labute approximate surface area is 126 Å². The van der Waals surface area contributed by atoms with Gasteiger partial charge in [0.15, 0.2) is 11.5 Å². The van der Waals surface area contributed by atoms with Gasteiger partial charge >= 0.3 is 0 Å². The van der Waals surface area contributed by atoms with Crippen LogP contribution in [0.15, 0.2) is 12.1 Å². The summed E-state index contributed by atoms with van der Waals surface area (Å²) in [7, 11) is 3.10. The molecule has 1 aromatic rings. The van der Waals surface area contributed by atoms with Gasteiger partial charge in [-0.1, -0.05) is 12.8 Å². The summed E-state index contributed by atoms with van der Waals surface area (Å²) in [4.78, 5) is 0. The van der Waals surface area contributed by atoms with E-state index in [9.17, 15) is 4.39 Å². The molecule has 2 rings (SSSR count). The van der Waals surface area contributed by atoms with Crippen molar-refractivity contribution in [3.63, 3.8) is 0 Å². The van der Waals surface area contributed by atoms with Gasteiger partial charge < -0.3 is 14.8 Å². The van der Waals surface area contributed by atoms with Gasteiger partial charge in [0, 0.05) is 12.1 Å².